The molecule has 6 heteroatoms. The zero-order valence-electron chi connectivity index (χ0n) is 9.33. The molecule has 1 aliphatic heterocycles. The Balaban J connectivity index is 1.83. The second-order valence-corrected chi connectivity index (χ2v) is 4.82. The van der Waals surface area contributed by atoms with Crippen molar-refractivity contribution in [3.05, 3.63) is 24.5 Å². The molecule has 0 bridgehead atoms. The third-order valence-corrected chi connectivity index (χ3v) is 3.76. The maximum absolute atomic E-state index is 4.26. The van der Waals surface area contributed by atoms with Gasteiger partial charge in [0, 0.05) is 44.1 Å². The van der Waals surface area contributed by atoms with E-state index in [2.05, 4.69) is 25.4 Å². The molecule has 88 valence electrons. The molecule has 2 aromatic rings. The number of nitrogens with zero attached hydrogens (tertiary/aromatic N) is 4. The van der Waals surface area contributed by atoms with Crippen molar-refractivity contribution in [2.75, 3.05) is 31.1 Å². The molecule has 1 N–H and O–H groups in total. The van der Waals surface area contributed by atoms with Gasteiger partial charge in [0.05, 0.1) is 0 Å². The van der Waals surface area contributed by atoms with Crippen LogP contribution in [0.3, 0.4) is 0 Å². The highest BCUT2D eigenvalue weighted by molar-refractivity contribution is 7.18. The van der Waals surface area contributed by atoms with Crippen LogP contribution in [0.5, 0.6) is 0 Å². The zero-order chi connectivity index (χ0) is 11.5. The molecule has 0 aliphatic carbocycles. The predicted octanol–water partition coefficient (Wildman–Crippen LogP) is 1.01. The van der Waals surface area contributed by atoms with E-state index in [0.29, 0.717) is 0 Å². The van der Waals surface area contributed by atoms with Crippen LogP contribution in [-0.2, 0) is 0 Å². The number of aromatic nitrogens is 3. The van der Waals surface area contributed by atoms with Crippen LogP contribution in [0.25, 0.3) is 10.6 Å². The molecule has 17 heavy (non-hydrogen) atoms. The van der Waals surface area contributed by atoms with Crippen molar-refractivity contribution >= 4 is 16.5 Å². The fourth-order valence-electron chi connectivity index (χ4n) is 1.81. The van der Waals surface area contributed by atoms with Crippen LogP contribution in [0.2, 0.25) is 0 Å². The SMILES string of the molecule is c1cc(-c2nnc(N3CCNCC3)s2)ccn1. The molecule has 1 aliphatic rings. The van der Waals surface area contributed by atoms with Gasteiger partial charge in [-0.3, -0.25) is 4.98 Å². The first-order valence-corrected chi connectivity index (χ1v) is 6.45. The van der Waals surface area contributed by atoms with E-state index in [-0.39, 0.29) is 0 Å². The maximum atomic E-state index is 4.26. The molecule has 0 unspecified atom stereocenters. The Bertz CT molecular complexity index is 478. The Morgan fingerprint density at radius 2 is 1.88 bits per heavy atom. The molecule has 3 rings (SSSR count). The van der Waals surface area contributed by atoms with E-state index in [1.165, 1.54) is 0 Å². The summed E-state index contributed by atoms with van der Waals surface area (Å²) in [6.45, 7) is 4.05. The van der Waals surface area contributed by atoms with E-state index in [1.807, 2.05) is 12.1 Å². The minimum Gasteiger partial charge on any atom is -0.344 e. The Hall–Kier alpha value is -1.53. The monoisotopic (exact) mass is 247 g/mol. The minimum atomic E-state index is 0.959. The largest absolute Gasteiger partial charge is 0.344 e. The summed E-state index contributed by atoms with van der Waals surface area (Å²) in [4.78, 5) is 6.28. The van der Waals surface area contributed by atoms with E-state index in [0.717, 1.165) is 41.9 Å². The first kappa shape index (κ1) is 10.6. The van der Waals surface area contributed by atoms with Crippen molar-refractivity contribution in [3.63, 3.8) is 0 Å². The summed E-state index contributed by atoms with van der Waals surface area (Å²) >= 11 is 1.64. The maximum Gasteiger partial charge on any atom is 0.208 e. The lowest BCUT2D eigenvalue weighted by Crippen LogP contribution is -2.43. The number of rotatable bonds is 2. The Morgan fingerprint density at radius 3 is 2.65 bits per heavy atom. The summed E-state index contributed by atoms with van der Waals surface area (Å²) in [5.41, 5.74) is 1.08. The van der Waals surface area contributed by atoms with E-state index < -0.39 is 0 Å². The smallest absolute Gasteiger partial charge is 0.208 e. The molecule has 2 aromatic heterocycles. The van der Waals surface area contributed by atoms with Gasteiger partial charge in [-0.25, -0.2) is 0 Å². The van der Waals surface area contributed by atoms with Gasteiger partial charge < -0.3 is 10.2 Å². The van der Waals surface area contributed by atoms with Crippen LogP contribution in [-0.4, -0.2) is 41.4 Å². The van der Waals surface area contributed by atoms with Gasteiger partial charge in [0.2, 0.25) is 5.13 Å². The van der Waals surface area contributed by atoms with Gasteiger partial charge in [-0.15, -0.1) is 10.2 Å². The highest BCUT2D eigenvalue weighted by Crippen LogP contribution is 2.28. The molecule has 1 fully saturated rings. The molecular formula is C11H13N5S. The van der Waals surface area contributed by atoms with Crippen molar-refractivity contribution in [1.29, 1.82) is 0 Å². The zero-order valence-corrected chi connectivity index (χ0v) is 10.2. The standard InChI is InChI=1S/C11H13N5S/c1-3-12-4-2-9(1)10-14-15-11(17-10)16-7-5-13-6-8-16/h1-4,13H,5-8H2. The van der Waals surface area contributed by atoms with Crippen LogP contribution in [0.15, 0.2) is 24.5 Å². The lowest BCUT2D eigenvalue weighted by atomic mass is 10.3. The molecule has 0 spiro atoms. The lowest BCUT2D eigenvalue weighted by molar-refractivity contribution is 0.587. The van der Waals surface area contributed by atoms with E-state index >= 15 is 0 Å². The van der Waals surface area contributed by atoms with Crippen molar-refractivity contribution in [1.82, 2.24) is 20.5 Å². The summed E-state index contributed by atoms with van der Waals surface area (Å²) in [5.74, 6) is 0. The summed E-state index contributed by atoms with van der Waals surface area (Å²) in [6.07, 6.45) is 3.56. The molecule has 0 amide bonds. The van der Waals surface area contributed by atoms with Crippen molar-refractivity contribution in [2.45, 2.75) is 0 Å². The first-order valence-electron chi connectivity index (χ1n) is 5.63. The van der Waals surface area contributed by atoms with Crippen molar-refractivity contribution < 1.29 is 0 Å². The number of hydrogen-bond donors (Lipinski definition) is 1. The molecule has 5 nitrogen and oxygen atoms in total. The van der Waals surface area contributed by atoms with Crippen LogP contribution in [0.4, 0.5) is 5.13 Å². The molecule has 0 atom stereocenters. The summed E-state index contributed by atoms with van der Waals surface area (Å²) < 4.78 is 0. The Kier molecular flexibility index (Phi) is 2.98. The minimum absolute atomic E-state index is 0.959. The number of anilines is 1. The van der Waals surface area contributed by atoms with E-state index in [1.54, 1.807) is 23.7 Å². The van der Waals surface area contributed by atoms with Crippen LogP contribution >= 0.6 is 11.3 Å². The Morgan fingerprint density at radius 1 is 1.12 bits per heavy atom. The number of nitrogens with one attached hydrogen (secondary N) is 1. The quantitative estimate of drug-likeness (QED) is 0.858. The molecule has 3 heterocycles. The molecule has 0 aromatic carbocycles. The van der Waals surface area contributed by atoms with E-state index in [4.69, 9.17) is 0 Å². The average Bonchev–Trinajstić information content (AvgIpc) is 2.90. The number of pyridine rings is 1. The van der Waals surface area contributed by atoms with Gasteiger partial charge in [-0.05, 0) is 12.1 Å². The van der Waals surface area contributed by atoms with Crippen LogP contribution in [0, 0.1) is 0 Å². The Labute approximate surface area is 104 Å². The lowest BCUT2D eigenvalue weighted by Gasteiger charge is -2.26. The fourth-order valence-corrected chi connectivity index (χ4v) is 2.71. The first-order chi connectivity index (χ1) is 8.43. The normalized spacial score (nSPS) is 16.1. The van der Waals surface area contributed by atoms with Crippen molar-refractivity contribution in [3.8, 4) is 10.6 Å². The predicted molar refractivity (Wildman–Crippen MR) is 68.2 cm³/mol. The fraction of sp³-hybridized carbons (Fsp3) is 0.364. The van der Waals surface area contributed by atoms with Gasteiger partial charge >= 0.3 is 0 Å². The number of piperazine rings is 1. The van der Waals surface area contributed by atoms with Gasteiger partial charge in [-0.2, -0.15) is 0 Å². The van der Waals surface area contributed by atoms with Gasteiger partial charge in [0.1, 0.15) is 5.01 Å². The molecular weight excluding hydrogens is 234 g/mol. The number of hydrogen-bond acceptors (Lipinski definition) is 6. The topological polar surface area (TPSA) is 53.9 Å². The van der Waals surface area contributed by atoms with E-state index in [9.17, 15) is 0 Å². The molecule has 1 saturated heterocycles. The second-order valence-electron chi connectivity index (χ2n) is 3.86. The second kappa shape index (κ2) is 4.77. The van der Waals surface area contributed by atoms with Gasteiger partial charge in [-0.1, -0.05) is 11.3 Å². The highest BCUT2D eigenvalue weighted by atomic mass is 32.1. The third-order valence-electron chi connectivity index (χ3n) is 2.73. The summed E-state index contributed by atoms with van der Waals surface area (Å²) in [5, 5.41) is 13.8. The third kappa shape index (κ3) is 2.27. The summed E-state index contributed by atoms with van der Waals surface area (Å²) in [7, 11) is 0. The van der Waals surface area contributed by atoms with Gasteiger partial charge in [0.15, 0.2) is 0 Å². The average molecular weight is 247 g/mol. The highest BCUT2D eigenvalue weighted by Gasteiger charge is 2.15. The van der Waals surface area contributed by atoms with Gasteiger partial charge in [0.25, 0.3) is 0 Å². The molecule has 0 saturated carbocycles. The summed E-state index contributed by atoms with van der Waals surface area (Å²) in [6, 6.07) is 3.92. The van der Waals surface area contributed by atoms with Crippen molar-refractivity contribution in [2.24, 2.45) is 0 Å². The van der Waals surface area contributed by atoms with Crippen LogP contribution in [0.1, 0.15) is 0 Å². The van der Waals surface area contributed by atoms with Crippen LogP contribution < -0.4 is 10.2 Å². The molecule has 0 radical (unpaired) electrons.